The second kappa shape index (κ2) is 12.2. The number of imidazole rings is 1. The second-order valence-electron chi connectivity index (χ2n) is 11.6. The highest BCUT2D eigenvalue weighted by molar-refractivity contribution is 6.05. The van der Waals surface area contributed by atoms with Crippen molar-refractivity contribution in [2.75, 3.05) is 43.4 Å². The van der Waals surface area contributed by atoms with Crippen LogP contribution in [0, 0.1) is 18.7 Å². The molecule has 2 aliphatic rings. The third-order valence-corrected chi connectivity index (χ3v) is 8.25. The zero-order valence-electron chi connectivity index (χ0n) is 24.9. The van der Waals surface area contributed by atoms with Gasteiger partial charge in [-0.15, -0.1) is 0 Å². The van der Waals surface area contributed by atoms with Crippen molar-refractivity contribution in [3.05, 3.63) is 76.7 Å². The summed E-state index contributed by atoms with van der Waals surface area (Å²) in [4.78, 5) is 34.2. The Morgan fingerprint density at radius 3 is 2.40 bits per heavy atom. The van der Waals surface area contributed by atoms with Gasteiger partial charge in [0, 0.05) is 49.9 Å². The number of benzene rings is 2. The summed E-state index contributed by atoms with van der Waals surface area (Å²) in [5.41, 5.74) is 0.955. The minimum Gasteiger partial charge on any atom is -0.322 e. The number of anilines is 2. The standard InChI is InChI=1S/C32H33F4N7O2/c1-3-41-8-10-42(11-9-41)17-20-13-22(32(34,35)36)15-23(14-20)37-31(45)25-16-24(19(2)12-26(25)33)27-6-7-29-38-28(18-43(29)40-27)39-30(44)21-4-5-21/h6-7,12-16,18,21H,3-5,8-11,17H2,1-2H3,(H,37,45)(H,39,44). The lowest BCUT2D eigenvalue weighted by atomic mass is 10.0. The van der Waals surface area contributed by atoms with Crippen LogP contribution in [0.3, 0.4) is 0 Å². The number of halogens is 4. The average Bonchev–Trinajstić information content (AvgIpc) is 3.77. The van der Waals surface area contributed by atoms with Crippen molar-refractivity contribution in [3.8, 4) is 11.3 Å². The Morgan fingerprint density at radius 2 is 1.71 bits per heavy atom. The molecule has 1 aliphatic heterocycles. The van der Waals surface area contributed by atoms with Crippen LogP contribution < -0.4 is 10.6 Å². The number of rotatable bonds is 8. The maximum atomic E-state index is 15.1. The summed E-state index contributed by atoms with van der Waals surface area (Å²) in [6, 6.07) is 9.33. The number of carbonyl (C=O) groups is 2. The van der Waals surface area contributed by atoms with E-state index in [1.54, 1.807) is 25.3 Å². The van der Waals surface area contributed by atoms with Crippen LogP contribution in [0.1, 0.15) is 46.8 Å². The first kappa shape index (κ1) is 30.7. The number of likely N-dealkylation sites (N-methyl/N-ethyl adjacent to an activating group) is 1. The predicted molar refractivity (Wildman–Crippen MR) is 161 cm³/mol. The lowest BCUT2D eigenvalue weighted by Gasteiger charge is -2.34. The van der Waals surface area contributed by atoms with Gasteiger partial charge in [0.25, 0.3) is 5.91 Å². The van der Waals surface area contributed by atoms with Crippen molar-refractivity contribution in [2.24, 2.45) is 5.92 Å². The van der Waals surface area contributed by atoms with E-state index in [0.717, 1.165) is 57.7 Å². The summed E-state index contributed by atoms with van der Waals surface area (Å²) in [5, 5.41) is 9.80. The molecule has 2 fully saturated rings. The SMILES string of the molecule is CCN1CCN(Cc2cc(NC(=O)c3cc(-c4ccc5nc(NC(=O)C6CC6)cn5n4)c(C)cc3F)cc(C(F)(F)F)c2)CC1. The van der Waals surface area contributed by atoms with Gasteiger partial charge in [-0.2, -0.15) is 18.3 Å². The van der Waals surface area contributed by atoms with Crippen LogP contribution in [0.5, 0.6) is 0 Å². The molecular weight excluding hydrogens is 590 g/mol. The topological polar surface area (TPSA) is 94.9 Å². The van der Waals surface area contributed by atoms with Crippen molar-refractivity contribution in [2.45, 2.75) is 39.4 Å². The van der Waals surface area contributed by atoms with E-state index in [1.165, 1.54) is 22.7 Å². The Morgan fingerprint density at radius 1 is 0.978 bits per heavy atom. The Hall–Kier alpha value is -4.36. The molecule has 1 saturated heterocycles. The number of amides is 2. The largest absolute Gasteiger partial charge is 0.416 e. The Balaban J connectivity index is 1.24. The summed E-state index contributed by atoms with van der Waals surface area (Å²) in [6.45, 7) is 8.04. The number of nitrogens with one attached hydrogen (secondary N) is 2. The number of fused-ring (bicyclic) bond motifs is 1. The predicted octanol–water partition coefficient (Wildman–Crippen LogP) is 5.60. The Bertz CT molecular complexity index is 1760. The number of nitrogens with zero attached hydrogens (tertiary/aromatic N) is 5. The van der Waals surface area contributed by atoms with Crippen LogP contribution in [0.25, 0.3) is 16.9 Å². The lowest BCUT2D eigenvalue weighted by molar-refractivity contribution is -0.137. The summed E-state index contributed by atoms with van der Waals surface area (Å²) in [6.07, 6.45) is -1.35. The van der Waals surface area contributed by atoms with Gasteiger partial charge in [0.2, 0.25) is 5.91 Å². The van der Waals surface area contributed by atoms with E-state index < -0.39 is 23.5 Å². The molecule has 2 amide bonds. The van der Waals surface area contributed by atoms with Crippen molar-refractivity contribution in [3.63, 3.8) is 0 Å². The lowest BCUT2D eigenvalue weighted by Crippen LogP contribution is -2.45. The van der Waals surface area contributed by atoms with E-state index >= 15 is 4.39 Å². The molecule has 3 heterocycles. The normalized spacial score (nSPS) is 16.2. The van der Waals surface area contributed by atoms with Gasteiger partial charge in [-0.1, -0.05) is 6.92 Å². The summed E-state index contributed by atoms with van der Waals surface area (Å²) >= 11 is 0. The molecule has 0 bridgehead atoms. The molecule has 6 rings (SSSR count). The second-order valence-corrected chi connectivity index (χ2v) is 11.6. The number of alkyl halides is 3. The van der Waals surface area contributed by atoms with Crippen molar-refractivity contribution >= 4 is 29.0 Å². The zero-order chi connectivity index (χ0) is 31.9. The summed E-state index contributed by atoms with van der Waals surface area (Å²) < 4.78 is 58.1. The fraction of sp³-hybridized carbons (Fsp3) is 0.375. The van der Waals surface area contributed by atoms with E-state index in [1.807, 2.05) is 0 Å². The number of piperazine rings is 1. The van der Waals surface area contributed by atoms with E-state index in [-0.39, 0.29) is 23.1 Å². The fourth-order valence-corrected chi connectivity index (χ4v) is 5.52. The van der Waals surface area contributed by atoms with Crippen LogP contribution in [-0.4, -0.2) is 68.9 Å². The quantitative estimate of drug-likeness (QED) is 0.248. The molecule has 1 saturated carbocycles. The van der Waals surface area contributed by atoms with Crippen LogP contribution in [-0.2, 0) is 17.5 Å². The molecule has 13 heteroatoms. The molecule has 0 spiro atoms. The van der Waals surface area contributed by atoms with Crippen LogP contribution in [0.15, 0.2) is 48.7 Å². The summed E-state index contributed by atoms with van der Waals surface area (Å²) in [5.74, 6) is -1.43. The first-order valence-corrected chi connectivity index (χ1v) is 14.9. The zero-order valence-corrected chi connectivity index (χ0v) is 24.9. The van der Waals surface area contributed by atoms with Crippen molar-refractivity contribution in [1.29, 1.82) is 0 Å². The first-order chi connectivity index (χ1) is 21.5. The van der Waals surface area contributed by atoms with Gasteiger partial charge in [-0.3, -0.25) is 14.5 Å². The van der Waals surface area contributed by atoms with Gasteiger partial charge in [-0.25, -0.2) is 13.9 Å². The van der Waals surface area contributed by atoms with E-state index in [2.05, 4.69) is 37.4 Å². The summed E-state index contributed by atoms with van der Waals surface area (Å²) in [7, 11) is 0. The number of aromatic nitrogens is 3. The van der Waals surface area contributed by atoms with Crippen LogP contribution >= 0.6 is 0 Å². The molecule has 236 valence electrons. The highest BCUT2D eigenvalue weighted by Crippen LogP contribution is 2.33. The Labute approximate surface area is 257 Å². The highest BCUT2D eigenvalue weighted by atomic mass is 19.4. The van der Waals surface area contributed by atoms with Crippen LogP contribution in [0.4, 0.5) is 29.1 Å². The van der Waals surface area contributed by atoms with Crippen LogP contribution in [0.2, 0.25) is 0 Å². The molecule has 2 aromatic carbocycles. The van der Waals surface area contributed by atoms with E-state index in [4.69, 9.17) is 0 Å². The van der Waals surface area contributed by atoms with Gasteiger partial charge >= 0.3 is 6.18 Å². The molecule has 0 radical (unpaired) electrons. The van der Waals surface area contributed by atoms with Gasteiger partial charge < -0.3 is 15.5 Å². The maximum absolute atomic E-state index is 15.1. The number of hydrogen-bond donors (Lipinski definition) is 2. The molecular formula is C32H33F4N7O2. The molecule has 45 heavy (non-hydrogen) atoms. The molecule has 2 aromatic heterocycles. The van der Waals surface area contributed by atoms with Crippen molar-refractivity contribution in [1.82, 2.24) is 24.4 Å². The third-order valence-electron chi connectivity index (χ3n) is 8.25. The van der Waals surface area contributed by atoms with Crippen molar-refractivity contribution < 1.29 is 27.2 Å². The molecule has 2 N–H and O–H groups in total. The number of hydrogen-bond acceptors (Lipinski definition) is 6. The average molecular weight is 624 g/mol. The van der Waals surface area contributed by atoms with Gasteiger partial charge in [0.05, 0.1) is 23.0 Å². The minimum atomic E-state index is -4.63. The van der Waals surface area contributed by atoms with Gasteiger partial charge in [0.15, 0.2) is 11.5 Å². The number of aryl methyl sites for hydroxylation is 1. The molecule has 0 unspecified atom stereocenters. The van der Waals surface area contributed by atoms with E-state index in [9.17, 15) is 22.8 Å². The molecule has 0 atom stereocenters. The smallest absolute Gasteiger partial charge is 0.322 e. The maximum Gasteiger partial charge on any atom is 0.416 e. The fourth-order valence-electron chi connectivity index (χ4n) is 5.52. The number of carbonyl (C=O) groups excluding carboxylic acids is 2. The van der Waals surface area contributed by atoms with Gasteiger partial charge in [0.1, 0.15) is 5.82 Å². The monoisotopic (exact) mass is 623 g/mol. The highest BCUT2D eigenvalue weighted by Gasteiger charge is 2.32. The van der Waals surface area contributed by atoms with Gasteiger partial charge in [-0.05, 0) is 79.9 Å². The minimum absolute atomic E-state index is 0.00833. The van der Waals surface area contributed by atoms with E-state index in [0.29, 0.717) is 40.4 Å². The third kappa shape index (κ3) is 6.99. The first-order valence-electron chi connectivity index (χ1n) is 14.9. The Kier molecular flexibility index (Phi) is 8.31. The molecule has 1 aliphatic carbocycles. The molecule has 4 aromatic rings. The molecule has 9 nitrogen and oxygen atoms in total.